The third-order valence-electron chi connectivity index (χ3n) is 9.24. The molecule has 0 aliphatic carbocycles. The fourth-order valence-electron chi connectivity index (χ4n) is 7.03. The lowest BCUT2D eigenvalue weighted by Gasteiger charge is -2.26. The Hall–Kier alpha value is -6.38. The zero-order chi connectivity index (χ0) is 31.9. The monoisotopic (exact) mass is 613 g/mol. The van der Waals surface area contributed by atoms with Crippen molar-refractivity contribution in [1.82, 2.24) is 0 Å². The number of hydrogen-bond acceptors (Lipinski definition) is 2. The first-order valence-corrected chi connectivity index (χ1v) is 16.4. The number of para-hydroxylation sites is 2. The normalized spacial score (nSPS) is 11.3. The first-order chi connectivity index (χ1) is 23.8. The van der Waals surface area contributed by atoms with Crippen molar-refractivity contribution in [3.05, 3.63) is 188 Å². The van der Waals surface area contributed by atoms with Gasteiger partial charge in [0.25, 0.3) is 0 Å². The topological polar surface area (TPSA) is 16.4 Å². The summed E-state index contributed by atoms with van der Waals surface area (Å²) in [5.41, 5.74) is 9.82. The molecule has 0 N–H and O–H groups in total. The molecule has 0 aliphatic rings. The van der Waals surface area contributed by atoms with Crippen LogP contribution in [0.2, 0.25) is 0 Å². The highest BCUT2D eigenvalue weighted by molar-refractivity contribution is 6.13. The van der Waals surface area contributed by atoms with Gasteiger partial charge < -0.3 is 9.32 Å². The van der Waals surface area contributed by atoms with Gasteiger partial charge in [0.2, 0.25) is 0 Å². The van der Waals surface area contributed by atoms with Gasteiger partial charge in [-0.3, -0.25) is 0 Å². The van der Waals surface area contributed by atoms with E-state index in [1.54, 1.807) is 0 Å². The lowest BCUT2D eigenvalue weighted by molar-refractivity contribution is 0.632. The zero-order valence-electron chi connectivity index (χ0n) is 26.3. The van der Waals surface area contributed by atoms with E-state index in [4.69, 9.17) is 4.42 Å². The van der Waals surface area contributed by atoms with Crippen molar-refractivity contribution in [3.8, 4) is 33.6 Å². The molecule has 9 aromatic rings. The summed E-state index contributed by atoms with van der Waals surface area (Å²) in [5.74, 6) is 0.871. The van der Waals surface area contributed by atoms with E-state index in [-0.39, 0.29) is 0 Å². The predicted molar refractivity (Wildman–Crippen MR) is 202 cm³/mol. The van der Waals surface area contributed by atoms with Crippen LogP contribution in [0.3, 0.4) is 0 Å². The zero-order valence-corrected chi connectivity index (χ0v) is 26.3. The van der Waals surface area contributed by atoms with Crippen molar-refractivity contribution in [3.63, 3.8) is 0 Å². The Morgan fingerprint density at radius 1 is 0.354 bits per heavy atom. The number of rotatable bonds is 6. The largest absolute Gasteiger partial charge is 0.455 e. The van der Waals surface area contributed by atoms with E-state index in [0.29, 0.717) is 0 Å². The molecule has 0 fully saturated rings. The van der Waals surface area contributed by atoms with Gasteiger partial charge in [0.05, 0.1) is 0 Å². The molecule has 8 aromatic carbocycles. The molecule has 0 radical (unpaired) electrons. The third kappa shape index (κ3) is 4.83. The smallest absolute Gasteiger partial charge is 0.143 e. The van der Waals surface area contributed by atoms with Crippen LogP contribution < -0.4 is 4.90 Å². The molecule has 0 unspecified atom stereocenters. The molecule has 0 saturated heterocycles. The Labute approximate surface area is 279 Å². The van der Waals surface area contributed by atoms with E-state index in [2.05, 4.69) is 181 Å². The first kappa shape index (κ1) is 27.9. The van der Waals surface area contributed by atoms with Gasteiger partial charge in [-0.1, -0.05) is 140 Å². The molecule has 0 amide bonds. The lowest BCUT2D eigenvalue weighted by atomic mass is 9.93. The van der Waals surface area contributed by atoms with E-state index >= 15 is 0 Å². The molecule has 0 aliphatic heterocycles. The van der Waals surface area contributed by atoms with E-state index in [1.807, 2.05) is 12.1 Å². The summed E-state index contributed by atoms with van der Waals surface area (Å²) in [6.45, 7) is 0. The second-order valence-corrected chi connectivity index (χ2v) is 12.1. The number of hydrogen-bond donors (Lipinski definition) is 0. The second-order valence-electron chi connectivity index (χ2n) is 12.1. The average Bonchev–Trinajstić information content (AvgIpc) is 3.56. The molecule has 0 saturated carbocycles. The minimum atomic E-state index is 0.871. The van der Waals surface area contributed by atoms with Crippen molar-refractivity contribution < 1.29 is 4.42 Å². The van der Waals surface area contributed by atoms with Crippen LogP contribution in [0.5, 0.6) is 0 Å². The Bertz CT molecular complexity index is 2550. The van der Waals surface area contributed by atoms with Crippen molar-refractivity contribution in [1.29, 1.82) is 0 Å². The maximum absolute atomic E-state index is 6.60. The minimum Gasteiger partial charge on any atom is -0.455 e. The fourth-order valence-corrected chi connectivity index (χ4v) is 7.03. The Morgan fingerprint density at radius 2 is 0.938 bits per heavy atom. The fraction of sp³-hybridized carbons (Fsp3) is 0. The number of nitrogens with zero attached hydrogens (tertiary/aromatic N) is 1. The summed E-state index contributed by atoms with van der Waals surface area (Å²) in [6, 6.07) is 66.7. The summed E-state index contributed by atoms with van der Waals surface area (Å²) >= 11 is 0. The maximum Gasteiger partial charge on any atom is 0.143 e. The molecule has 9 rings (SSSR count). The van der Waals surface area contributed by atoms with Crippen LogP contribution in [-0.2, 0) is 0 Å². The first-order valence-electron chi connectivity index (χ1n) is 16.4. The number of fused-ring (bicyclic) bond motifs is 4. The molecule has 0 atom stereocenters. The highest BCUT2D eigenvalue weighted by Gasteiger charge is 2.20. The van der Waals surface area contributed by atoms with E-state index < -0.39 is 0 Å². The molecule has 2 nitrogen and oxygen atoms in total. The van der Waals surface area contributed by atoms with Crippen LogP contribution in [0.4, 0.5) is 17.1 Å². The summed E-state index contributed by atoms with van der Waals surface area (Å²) < 4.78 is 6.60. The summed E-state index contributed by atoms with van der Waals surface area (Å²) in [4.78, 5) is 2.32. The molecule has 226 valence electrons. The Balaban J connectivity index is 1.17. The van der Waals surface area contributed by atoms with Crippen LogP contribution in [0.25, 0.3) is 66.1 Å². The molecule has 0 bridgehead atoms. The summed E-state index contributed by atoms with van der Waals surface area (Å²) in [5, 5.41) is 6.18. The van der Waals surface area contributed by atoms with Gasteiger partial charge in [0.1, 0.15) is 11.3 Å². The van der Waals surface area contributed by atoms with Crippen LogP contribution in [0, 0.1) is 0 Å². The van der Waals surface area contributed by atoms with E-state index in [1.165, 1.54) is 32.7 Å². The van der Waals surface area contributed by atoms with Crippen LogP contribution in [0.15, 0.2) is 192 Å². The molecule has 0 spiro atoms. The highest BCUT2D eigenvalue weighted by atomic mass is 16.3. The van der Waals surface area contributed by atoms with Gasteiger partial charge in [-0.05, 0) is 86.8 Å². The number of benzene rings is 8. The van der Waals surface area contributed by atoms with Crippen molar-refractivity contribution in [2.75, 3.05) is 4.90 Å². The lowest BCUT2D eigenvalue weighted by Crippen LogP contribution is -2.09. The minimum absolute atomic E-state index is 0.871. The molecule has 1 heterocycles. The maximum atomic E-state index is 6.60. The standard InChI is InChI=1S/C46H31NO/c1-3-14-33(15-4-1)45-42-24-11-12-25-44(42)48-46(45)35-17-13-20-38(30-35)47(36-18-5-2-6-19-36)37-28-26-32(27-29-37)43-31-34-16-7-8-21-39(34)40-22-9-10-23-41(40)43/h1-31H. The molecular formula is C46H31NO. The number of furan rings is 1. The molecule has 48 heavy (non-hydrogen) atoms. The third-order valence-corrected chi connectivity index (χ3v) is 9.24. The van der Waals surface area contributed by atoms with Crippen LogP contribution in [-0.4, -0.2) is 0 Å². The van der Waals surface area contributed by atoms with Gasteiger partial charge in [0.15, 0.2) is 0 Å². The van der Waals surface area contributed by atoms with Gasteiger partial charge in [-0.15, -0.1) is 0 Å². The SMILES string of the molecule is c1ccc(-c2c(-c3cccc(N(c4ccccc4)c4ccc(-c5cc6ccccc6c6ccccc56)cc4)c3)oc3ccccc23)cc1. The van der Waals surface area contributed by atoms with Crippen LogP contribution >= 0.6 is 0 Å². The predicted octanol–water partition coefficient (Wildman–Crippen LogP) is 13.2. The van der Waals surface area contributed by atoms with Crippen molar-refractivity contribution in [2.45, 2.75) is 0 Å². The van der Waals surface area contributed by atoms with Crippen molar-refractivity contribution in [2.24, 2.45) is 0 Å². The van der Waals surface area contributed by atoms with Crippen molar-refractivity contribution >= 4 is 49.6 Å². The quantitative estimate of drug-likeness (QED) is 0.174. The highest BCUT2D eigenvalue weighted by Crippen LogP contribution is 2.44. The van der Waals surface area contributed by atoms with E-state index in [9.17, 15) is 0 Å². The molecular weight excluding hydrogens is 583 g/mol. The molecule has 1 aromatic heterocycles. The van der Waals surface area contributed by atoms with Gasteiger partial charge in [-0.2, -0.15) is 0 Å². The van der Waals surface area contributed by atoms with Gasteiger partial charge in [-0.25, -0.2) is 0 Å². The van der Waals surface area contributed by atoms with E-state index in [0.717, 1.165) is 50.5 Å². The van der Waals surface area contributed by atoms with Crippen LogP contribution in [0.1, 0.15) is 0 Å². The van der Waals surface area contributed by atoms with Gasteiger partial charge in [0, 0.05) is 33.6 Å². The molecule has 2 heteroatoms. The average molecular weight is 614 g/mol. The number of anilines is 3. The second kappa shape index (κ2) is 11.8. The Morgan fingerprint density at radius 3 is 1.73 bits per heavy atom. The summed E-state index contributed by atoms with van der Waals surface area (Å²) in [7, 11) is 0. The Kier molecular flexibility index (Phi) is 6.84. The summed E-state index contributed by atoms with van der Waals surface area (Å²) in [6.07, 6.45) is 0. The van der Waals surface area contributed by atoms with Gasteiger partial charge >= 0.3 is 0 Å².